The molecule has 0 aliphatic heterocycles. The predicted molar refractivity (Wildman–Crippen MR) is 255 cm³/mol. The van der Waals surface area contributed by atoms with Crippen LogP contribution >= 0.6 is 0 Å². The van der Waals surface area contributed by atoms with Crippen LogP contribution in [0.15, 0.2) is 243 Å². The van der Waals surface area contributed by atoms with Crippen LogP contribution in [-0.4, -0.2) is 4.57 Å². The minimum absolute atomic E-state index is 1.08. The van der Waals surface area contributed by atoms with Crippen molar-refractivity contribution in [2.24, 2.45) is 0 Å². The summed E-state index contributed by atoms with van der Waals surface area (Å²) in [5.41, 5.74) is 16.3. The maximum atomic E-state index is 2.48. The number of nitrogens with zero attached hydrogens (tertiary/aromatic N) is 2. The second-order valence-corrected chi connectivity index (χ2v) is 15.3. The first-order chi connectivity index (χ1) is 29.8. The Morgan fingerprint density at radius 3 is 1.37 bits per heavy atom. The molecule has 0 aliphatic rings. The van der Waals surface area contributed by atoms with Gasteiger partial charge >= 0.3 is 0 Å². The minimum atomic E-state index is 1.08. The van der Waals surface area contributed by atoms with Crippen molar-refractivity contribution in [3.05, 3.63) is 243 Å². The molecule has 0 saturated heterocycles. The summed E-state index contributed by atoms with van der Waals surface area (Å²) in [6.45, 7) is 0. The molecule has 0 fully saturated rings. The summed E-state index contributed by atoms with van der Waals surface area (Å²) in [5.74, 6) is 0. The summed E-state index contributed by atoms with van der Waals surface area (Å²) in [7, 11) is 0. The highest BCUT2D eigenvalue weighted by Crippen LogP contribution is 2.43. The topological polar surface area (TPSA) is 8.17 Å². The van der Waals surface area contributed by atoms with Crippen LogP contribution in [0.3, 0.4) is 0 Å². The number of anilines is 3. The lowest BCUT2D eigenvalue weighted by Gasteiger charge is -2.26. The van der Waals surface area contributed by atoms with Crippen molar-refractivity contribution in [3.63, 3.8) is 0 Å². The first-order valence-corrected chi connectivity index (χ1v) is 20.6. The van der Waals surface area contributed by atoms with E-state index in [-0.39, 0.29) is 0 Å². The van der Waals surface area contributed by atoms with Crippen molar-refractivity contribution >= 4 is 49.6 Å². The Morgan fingerprint density at radius 1 is 0.267 bits per heavy atom. The largest absolute Gasteiger partial charge is 0.310 e. The van der Waals surface area contributed by atoms with E-state index in [1.807, 2.05) is 0 Å². The van der Waals surface area contributed by atoms with E-state index < -0.39 is 0 Å². The molecule has 0 N–H and O–H groups in total. The van der Waals surface area contributed by atoms with Gasteiger partial charge in [0.1, 0.15) is 0 Å². The van der Waals surface area contributed by atoms with Gasteiger partial charge in [0, 0.05) is 33.4 Å². The van der Waals surface area contributed by atoms with E-state index in [0.717, 1.165) is 28.3 Å². The zero-order valence-corrected chi connectivity index (χ0v) is 33.0. The Labute approximate surface area is 350 Å². The number of rotatable bonds is 8. The molecule has 2 heteroatoms. The molecule has 0 aliphatic carbocycles. The van der Waals surface area contributed by atoms with Gasteiger partial charge in [-0.05, 0) is 104 Å². The quantitative estimate of drug-likeness (QED) is 0.150. The number of fused-ring (bicyclic) bond motifs is 4. The molecule has 2 nitrogen and oxygen atoms in total. The van der Waals surface area contributed by atoms with Gasteiger partial charge in [0.05, 0.1) is 16.7 Å². The number of hydrogen-bond acceptors (Lipinski definition) is 1. The number of para-hydroxylation sites is 1. The first kappa shape index (κ1) is 35.2. The predicted octanol–water partition coefficient (Wildman–Crippen LogP) is 16.1. The number of aromatic nitrogens is 1. The highest BCUT2D eigenvalue weighted by Gasteiger charge is 2.21. The smallest absolute Gasteiger partial charge is 0.0562 e. The molecular formula is C58H40N2. The third kappa shape index (κ3) is 6.32. The van der Waals surface area contributed by atoms with Gasteiger partial charge in [0.25, 0.3) is 0 Å². The third-order valence-electron chi connectivity index (χ3n) is 11.8. The molecule has 0 radical (unpaired) electrons. The van der Waals surface area contributed by atoms with Gasteiger partial charge in [0.2, 0.25) is 0 Å². The molecule has 0 amide bonds. The van der Waals surface area contributed by atoms with Gasteiger partial charge in [-0.1, -0.05) is 188 Å². The van der Waals surface area contributed by atoms with Gasteiger partial charge < -0.3 is 9.47 Å². The minimum Gasteiger partial charge on any atom is -0.310 e. The molecule has 1 heterocycles. The van der Waals surface area contributed by atoms with Gasteiger partial charge in [-0.2, -0.15) is 0 Å². The zero-order valence-electron chi connectivity index (χ0n) is 33.0. The Morgan fingerprint density at radius 2 is 0.733 bits per heavy atom. The number of hydrogen-bond donors (Lipinski definition) is 0. The summed E-state index contributed by atoms with van der Waals surface area (Å²) in [4.78, 5) is 2.38. The molecule has 11 aromatic rings. The standard InChI is InChI=1S/C58H40N2/c1-4-15-41(16-5-1)44-27-32-48(33-28-44)59(49-34-29-45(30-35-49)42-17-6-2-7-18-42)50-36-37-54-53-24-12-13-26-56(53)60(58(54)40-50)57-38-31-47(43-19-8-3-9-20-43)39-55(57)52-25-14-22-46-21-10-11-23-51(46)52/h1-40H. The van der Waals surface area contributed by atoms with Crippen LogP contribution in [0, 0.1) is 0 Å². The van der Waals surface area contributed by atoms with Crippen LogP contribution in [-0.2, 0) is 0 Å². The summed E-state index contributed by atoms with van der Waals surface area (Å²) < 4.78 is 2.48. The van der Waals surface area contributed by atoms with E-state index in [1.54, 1.807) is 0 Å². The summed E-state index contributed by atoms with van der Waals surface area (Å²) in [5, 5.41) is 4.89. The third-order valence-corrected chi connectivity index (χ3v) is 11.8. The maximum absolute atomic E-state index is 2.48. The Bertz CT molecular complexity index is 3190. The second kappa shape index (κ2) is 15.1. The lowest BCUT2D eigenvalue weighted by Crippen LogP contribution is -2.10. The fraction of sp³-hybridized carbons (Fsp3) is 0. The molecule has 60 heavy (non-hydrogen) atoms. The average Bonchev–Trinajstić information content (AvgIpc) is 3.66. The van der Waals surface area contributed by atoms with Gasteiger partial charge in [0.15, 0.2) is 0 Å². The van der Waals surface area contributed by atoms with E-state index >= 15 is 0 Å². The molecular weight excluding hydrogens is 725 g/mol. The SMILES string of the molecule is c1ccc(-c2ccc(N(c3ccc(-c4ccccc4)cc3)c3ccc4c5ccccc5n(-c5ccc(-c6ccccc6)cc5-c5cccc6ccccc56)c4c3)cc2)cc1. The van der Waals surface area contributed by atoms with Crippen molar-refractivity contribution < 1.29 is 0 Å². The second-order valence-electron chi connectivity index (χ2n) is 15.3. The lowest BCUT2D eigenvalue weighted by molar-refractivity contribution is 1.18. The van der Waals surface area contributed by atoms with Crippen molar-refractivity contribution in [1.82, 2.24) is 4.57 Å². The van der Waals surface area contributed by atoms with Crippen LogP contribution in [0.4, 0.5) is 17.1 Å². The molecule has 282 valence electrons. The summed E-state index contributed by atoms with van der Waals surface area (Å²) >= 11 is 0. The van der Waals surface area contributed by atoms with Crippen LogP contribution in [0.25, 0.3) is 82.8 Å². The normalized spacial score (nSPS) is 11.3. The van der Waals surface area contributed by atoms with E-state index in [1.165, 1.54) is 71.6 Å². The zero-order chi connectivity index (χ0) is 39.8. The average molecular weight is 765 g/mol. The van der Waals surface area contributed by atoms with Gasteiger partial charge in [-0.25, -0.2) is 0 Å². The Hall–Kier alpha value is -7.94. The molecule has 0 atom stereocenters. The first-order valence-electron chi connectivity index (χ1n) is 20.6. The highest BCUT2D eigenvalue weighted by molar-refractivity contribution is 6.11. The van der Waals surface area contributed by atoms with Crippen molar-refractivity contribution in [2.75, 3.05) is 4.90 Å². The maximum Gasteiger partial charge on any atom is 0.0562 e. The lowest BCUT2D eigenvalue weighted by atomic mass is 9.93. The van der Waals surface area contributed by atoms with Crippen molar-refractivity contribution in [1.29, 1.82) is 0 Å². The molecule has 0 spiro atoms. The Kier molecular flexibility index (Phi) is 8.87. The molecule has 1 aromatic heterocycles. The molecule has 0 unspecified atom stereocenters. The number of benzene rings is 10. The summed E-state index contributed by atoms with van der Waals surface area (Å²) in [6.07, 6.45) is 0. The van der Waals surface area contributed by atoms with E-state index in [9.17, 15) is 0 Å². The monoisotopic (exact) mass is 764 g/mol. The van der Waals surface area contributed by atoms with E-state index in [0.29, 0.717) is 0 Å². The molecule has 0 bridgehead atoms. The van der Waals surface area contributed by atoms with Crippen LogP contribution < -0.4 is 4.90 Å². The fourth-order valence-corrected chi connectivity index (χ4v) is 8.89. The van der Waals surface area contributed by atoms with Crippen molar-refractivity contribution in [2.45, 2.75) is 0 Å². The van der Waals surface area contributed by atoms with E-state index in [2.05, 4.69) is 252 Å². The highest BCUT2D eigenvalue weighted by atomic mass is 15.1. The summed E-state index contributed by atoms with van der Waals surface area (Å²) in [6, 6.07) is 88.0. The van der Waals surface area contributed by atoms with Crippen molar-refractivity contribution in [3.8, 4) is 50.2 Å². The fourth-order valence-electron chi connectivity index (χ4n) is 8.89. The van der Waals surface area contributed by atoms with Crippen LogP contribution in [0.5, 0.6) is 0 Å². The Balaban J connectivity index is 1.14. The van der Waals surface area contributed by atoms with E-state index in [4.69, 9.17) is 0 Å². The van der Waals surface area contributed by atoms with Crippen LogP contribution in [0.2, 0.25) is 0 Å². The van der Waals surface area contributed by atoms with Gasteiger partial charge in [-0.15, -0.1) is 0 Å². The molecule has 0 saturated carbocycles. The van der Waals surface area contributed by atoms with Crippen LogP contribution in [0.1, 0.15) is 0 Å². The molecule has 10 aromatic carbocycles. The van der Waals surface area contributed by atoms with Gasteiger partial charge in [-0.3, -0.25) is 0 Å². The molecule has 11 rings (SSSR count).